The highest BCUT2D eigenvalue weighted by atomic mass is 32.1. The second-order valence-electron chi connectivity index (χ2n) is 11.8. The molecule has 2 aromatic carbocycles. The minimum Gasteiger partial charge on any atom is -0.502 e. The van der Waals surface area contributed by atoms with Crippen LogP contribution in [0.2, 0.25) is 0 Å². The Morgan fingerprint density at radius 2 is 1.65 bits per heavy atom. The summed E-state index contributed by atoms with van der Waals surface area (Å²) in [7, 11) is 2.86. The van der Waals surface area contributed by atoms with Crippen LogP contribution in [0.5, 0.6) is 28.7 Å². The van der Waals surface area contributed by atoms with Gasteiger partial charge in [-0.2, -0.15) is 0 Å². The molecule has 4 aliphatic heterocycles. The van der Waals surface area contributed by atoms with Crippen LogP contribution in [0.15, 0.2) is 41.8 Å². The SMILES string of the molecule is COc1cc([C@@H]2c3cc4c(cc3[C@H](O[C@@H]3O[C@@H]5CO[C@H](c6cccs6)O[C@@H]5[C@H](O)[C@@H]3O)[C@@H]3COC(=O)[C@@H]23)OCO4)cc(OC)c1O. The van der Waals surface area contributed by atoms with Crippen LogP contribution in [0.25, 0.3) is 0 Å². The topological polar surface area (TPSA) is 161 Å². The summed E-state index contributed by atoms with van der Waals surface area (Å²) in [5.74, 6) is -1.08. The molecule has 13 nitrogen and oxygen atoms in total. The van der Waals surface area contributed by atoms with Gasteiger partial charge in [-0.15, -0.1) is 11.3 Å². The van der Waals surface area contributed by atoms with Crippen molar-refractivity contribution in [2.45, 2.75) is 49.0 Å². The van der Waals surface area contributed by atoms with E-state index >= 15 is 0 Å². The van der Waals surface area contributed by atoms with E-state index < -0.39 is 66.8 Å². The molecule has 0 saturated carbocycles. The maximum absolute atomic E-state index is 13.5. The minimum absolute atomic E-state index is 0.0242. The van der Waals surface area contributed by atoms with Crippen molar-refractivity contribution in [2.75, 3.05) is 34.2 Å². The molecule has 0 radical (unpaired) electrons. The van der Waals surface area contributed by atoms with Gasteiger partial charge in [0, 0.05) is 11.8 Å². The molecule has 5 heterocycles. The lowest BCUT2D eigenvalue weighted by atomic mass is 9.66. The molecule has 1 aliphatic carbocycles. The number of aliphatic hydroxyl groups is 2. The van der Waals surface area contributed by atoms with Crippen LogP contribution in [-0.4, -0.2) is 86.2 Å². The summed E-state index contributed by atoms with van der Waals surface area (Å²) in [4.78, 5) is 14.3. The van der Waals surface area contributed by atoms with E-state index in [9.17, 15) is 20.1 Å². The summed E-state index contributed by atoms with van der Waals surface area (Å²) < 4.78 is 52.6. The summed E-state index contributed by atoms with van der Waals surface area (Å²) >= 11 is 1.46. The van der Waals surface area contributed by atoms with Gasteiger partial charge in [0.2, 0.25) is 12.5 Å². The first-order valence-corrected chi connectivity index (χ1v) is 15.8. The number of carbonyl (C=O) groups excluding carboxylic acids is 1. The summed E-state index contributed by atoms with van der Waals surface area (Å²) in [5.41, 5.74) is 2.00. The normalized spacial score (nSPS) is 34.3. The third-order valence-corrected chi connectivity index (χ3v) is 10.3. The zero-order valence-corrected chi connectivity index (χ0v) is 25.6. The van der Waals surface area contributed by atoms with Gasteiger partial charge in [0.05, 0.1) is 44.3 Å². The maximum atomic E-state index is 13.5. The summed E-state index contributed by atoms with van der Waals surface area (Å²) in [5, 5.41) is 35.0. The first-order chi connectivity index (χ1) is 22.4. The molecule has 3 fully saturated rings. The number of phenols is 1. The van der Waals surface area contributed by atoms with Gasteiger partial charge in [-0.1, -0.05) is 6.07 Å². The van der Waals surface area contributed by atoms with Crippen LogP contribution in [0.1, 0.15) is 39.9 Å². The van der Waals surface area contributed by atoms with Crippen molar-refractivity contribution in [3.63, 3.8) is 0 Å². The first kappa shape index (κ1) is 29.8. The molecule has 46 heavy (non-hydrogen) atoms. The van der Waals surface area contributed by atoms with E-state index in [1.54, 1.807) is 18.2 Å². The van der Waals surface area contributed by atoms with Crippen molar-refractivity contribution in [2.24, 2.45) is 11.8 Å². The lowest BCUT2D eigenvalue weighted by molar-refractivity contribution is -0.368. The van der Waals surface area contributed by atoms with Crippen LogP contribution < -0.4 is 18.9 Å². The highest BCUT2D eigenvalue weighted by Crippen LogP contribution is 2.57. The molecule has 3 saturated heterocycles. The van der Waals surface area contributed by atoms with Gasteiger partial charge in [-0.05, 0) is 52.4 Å². The monoisotopic (exact) mass is 656 g/mol. The number of hydrogen-bond donors (Lipinski definition) is 3. The fourth-order valence-corrected chi connectivity index (χ4v) is 7.89. The van der Waals surface area contributed by atoms with Gasteiger partial charge >= 0.3 is 5.97 Å². The number of fused-ring (bicyclic) bond motifs is 4. The summed E-state index contributed by atoms with van der Waals surface area (Å²) in [6, 6.07) is 10.7. The quantitative estimate of drug-likeness (QED) is 0.333. The Labute approximate surface area is 267 Å². The lowest BCUT2D eigenvalue weighted by Gasteiger charge is -2.48. The zero-order chi connectivity index (χ0) is 31.7. The van der Waals surface area contributed by atoms with Crippen LogP contribution >= 0.6 is 11.3 Å². The van der Waals surface area contributed by atoms with E-state index in [1.807, 2.05) is 23.6 Å². The standard InChI is InChI=1S/C32H32O13S/c1-37-19-6-13(7-20(38-2)25(19)33)23-14-8-17-18(42-12-41-17)9-15(14)28(16-10-39-30(36)24(16)23)44-32-27(35)26(34)29-21(43-32)11-40-31(45-29)22-4-3-5-46-22/h3-9,16,21,23-24,26-29,31-35H,10-12H2,1-2H3/t16-,21-,23-,24-,26-,27+,28+,29+,31+,32+/m1/s1. The second kappa shape index (κ2) is 11.6. The molecule has 0 amide bonds. The number of rotatable bonds is 6. The number of phenolic OH excluding ortho intramolecular Hbond substituents is 1. The van der Waals surface area contributed by atoms with Gasteiger partial charge < -0.3 is 58.0 Å². The number of thiophene rings is 1. The van der Waals surface area contributed by atoms with Crippen LogP contribution in [0, 0.1) is 11.8 Å². The molecular formula is C32H32O13S. The number of esters is 1. The Morgan fingerprint density at radius 1 is 0.913 bits per heavy atom. The Bertz CT molecular complexity index is 1600. The first-order valence-electron chi connectivity index (χ1n) is 14.9. The lowest BCUT2D eigenvalue weighted by Crippen LogP contribution is -2.62. The van der Waals surface area contributed by atoms with Gasteiger partial charge in [0.25, 0.3) is 0 Å². The van der Waals surface area contributed by atoms with Crippen molar-refractivity contribution in [3.05, 3.63) is 63.3 Å². The number of ether oxygens (including phenoxy) is 9. The molecule has 14 heteroatoms. The van der Waals surface area contributed by atoms with Crippen LogP contribution in [0.4, 0.5) is 0 Å². The smallest absolute Gasteiger partial charge is 0.310 e. The van der Waals surface area contributed by atoms with Crippen molar-refractivity contribution < 1.29 is 62.7 Å². The van der Waals surface area contributed by atoms with Crippen molar-refractivity contribution in [1.82, 2.24) is 0 Å². The largest absolute Gasteiger partial charge is 0.502 e. The number of aromatic hydroxyl groups is 1. The minimum atomic E-state index is -1.47. The van der Waals surface area contributed by atoms with Gasteiger partial charge in [0.1, 0.15) is 24.4 Å². The van der Waals surface area contributed by atoms with Crippen molar-refractivity contribution >= 4 is 17.3 Å². The highest BCUT2D eigenvalue weighted by molar-refractivity contribution is 7.10. The molecule has 0 bridgehead atoms. The van der Waals surface area contributed by atoms with E-state index in [0.29, 0.717) is 28.2 Å². The third-order valence-electron chi connectivity index (χ3n) is 9.37. The van der Waals surface area contributed by atoms with E-state index in [2.05, 4.69) is 0 Å². The summed E-state index contributed by atoms with van der Waals surface area (Å²) in [6.45, 7) is 0.171. The molecule has 0 unspecified atom stereocenters. The number of carbonyl (C=O) groups is 1. The highest BCUT2D eigenvalue weighted by Gasteiger charge is 2.56. The summed E-state index contributed by atoms with van der Waals surface area (Å²) in [6.07, 6.45) is -7.16. The fraction of sp³-hybridized carbons (Fsp3) is 0.469. The molecule has 3 aromatic rings. The molecule has 10 atom stereocenters. The van der Waals surface area contributed by atoms with Crippen molar-refractivity contribution in [1.29, 1.82) is 0 Å². The van der Waals surface area contributed by atoms with E-state index in [4.69, 9.17) is 42.6 Å². The van der Waals surface area contributed by atoms with E-state index in [0.717, 1.165) is 4.88 Å². The maximum Gasteiger partial charge on any atom is 0.310 e. The molecule has 244 valence electrons. The predicted molar refractivity (Wildman–Crippen MR) is 156 cm³/mol. The number of benzene rings is 2. The molecule has 3 N–H and O–H groups in total. The van der Waals surface area contributed by atoms with Gasteiger partial charge in [-0.25, -0.2) is 0 Å². The molecule has 5 aliphatic rings. The zero-order valence-electron chi connectivity index (χ0n) is 24.8. The molecule has 1 aromatic heterocycles. The Hall–Kier alpha value is -3.63. The van der Waals surface area contributed by atoms with Gasteiger partial charge in [0.15, 0.2) is 35.6 Å². The number of aliphatic hydroxyl groups excluding tert-OH is 2. The molecule has 8 rings (SSSR count). The molecule has 0 spiro atoms. The number of cyclic esters (lactones) is 1. The average Bonchev–Trinajstić information content (AvgIpc) is 3.85. The fourth-order valence-electron chi connectivity index (χ4n) is 7.18. The predicted octanol–water partition coefficient (Wildman–Crippen LogP) is 2.75. The van der Waals surface area contributed by atoms with E-state index in [1.165, 1.54) is 25.6 Å². The Morgan fingerprint density at radius 3 is 2.35 bits per heavy atom. The van der Waals surface area contributed by atoms with Crippen molar-refractivity contribution in [3.8, 4) is 28.7 Å². The third kappa shape index (κ3) is 4.70. The van der Waals surface area contributed by atoms with Gasteiger partial charge in [-0.3, -0.25) is 4.79 Å². The second-order valence-corrected chi connectivity index (χ2v) is 12.7. The molecular weight excluding hydrogens is 624 g/mol. The average molecular weight is 657 g/mol. The number of hydrogen-bond acceptors (Lipinski definition) is 14. The number of methoxy groups -OCH3 is 2. The van der Waals surface area contributed by atoms with Crippen LogP contribution in [-0.2, 0) is 28.5 Å². The van der Waals surface area contributed by atoms with Crippen LogP contribution in [0.3, 0.4) is 0 Å². The Balaban J connectivity index is 1.16. The Kier molecular flexibility index (Phi) is 7.48. The van der Waals surface area contributed by atoms with E-state index in [-0.39, 0.29) is 37.3 Å².